The highest BCUT2D eigenvalue weighted by atomic mass is 33.1. The Balaban J connectivity index is 1.94. The molecule has 5 nitrogen and oxygen atoms in total. The summed E-state index contributed by atoms with van der Waals surface area (Å²) in [7, 11) is 5.59. The van der Waals surface area contributed by atoms with E-state index in [1.54, 1.807) is 10.8 Å². The van der Waals surface area contributed by atoms with Gasteiger partial charge < -0.3 is 9.53 Å². The SMILES string of the molecule is CN(CCCCCSSc1ccccn1)OCCC(C)(C)OCCC=O. The Kier molecular flexibility index (Phi) is 13.0. The van der Waals surface area contributed by atoms with Gasteiger partial charge in [-0.3, -0.25) is 4.84 Å². The topological polar surface area (TPSA) is 51.7 Å². The molecule has 0 spiro atoms. The second-order valence-electron chi connectivity index (χ2n) is 6.63. The van der Waals surface area contributed by atoms with Gasteiger partial charge in [0.2, 0.25) is 0 Å². The standard InChI is InChI=1S/C19H32N2O3S2/c1-19(2,23-15-9-14-22)11-16-24-21(3)13-7-4-8-17-25-26-18-10-5-6-12-20-18/h5-6,10,12,14H,4,7-9,11,13,15-17H2,1-3H3. The van der Waals surface area contributed by atoms with Crippen LogP contribution in [0, 0.1) is 0 Å². The van der Waals surface area contributed by atoms with Gasteiger partial charge in [-0.2, -0.15) is 5.06 Å². The van der Waals surface area contributed by atoms with Crippen LogP contribution in [0.2, 0.25) is 0 Å². The van der Waals surface area contributed by atoms with Gasteiger partial charge in [0.25, 0.3) is 0 Å². The number of unbranched alkanes of at least 4 members (excludes halogenated alkanes) is 2. The summed E-state index contributed by atoms with van der Waals surface area (Å²) in [6, 6.07) is 6.00. The Labute approximate surface area is 166 Å². The van der Waals surface area contributed by atoms with Crippen molar-refractivity contribution in [2.45, 2.75) is 56.6 Å². The molecule has 0 fully saturated rings. The molecule has 0 N–H and O–H groups in total. The number of hydrogen-bond donors (Lipinski definition) is 0. The summed E-state index contributed by atoms with van der Waals surface area (Å²) in [5.41, 5.74) is -0.258. The van der Waals surface area contributed by atoms with E-state index in [1.165, 1.54) is 12.8 Å². The number of nitrogens with zero attached hydrogens (tertiary/aromatic N) is 2. The summed E-state index contributed by atoms with van der Waals surface area (Å²) in [4.78, 5) is 20.4. The van der Waals surface area contributed by atoms with Crippen LogP contribution in [-0.4, -0.2) is 54.5 Å². The van der Waals surface area contributed by atoms with Crippen LogP contribution < -0.4 is 0 Å². The van der Waals surface area contributed by atoms with Crippen LogP contribution in [0.5, 0.6) is 0 Å². The maximum atomic E-state index is 10.3. The number of aromatic nitrogens is 1. The van der Waals surface area contributed by atoms with E-state index in [0.29, 0.717) is 19.6 Å². The Morgan fingerprint density at radius 1 is 1.23 bits per heavy atom. The van der Waals surface area contributed by atoms with Gasteiger partial charge >= 0.3 is 0 Å². The van der Waals surface area contributed by atoms with Crippen LogP contribution in [0.4, 0.5) is 0 Å². The molecule has 0 aliphatic carbocycles. The van der Waals surface area contributed by atoms with Gasteiger partial charge in [-0.15, -0.1) is 0 Å². The van der Waals surface area contributed by atoms with Crippen molar-refractivity contribution in [2.75, 3.05) is 32.6 Å². The van der Waals surface area contributed by atoms with Crippen LogP contribution in [-0.2, 0) is 14.4 Å². The van der Waals surface area contributed by atoms with Crippen molar-refractivity contribution in [2.24, 2.45) is 0 Å². The smallest absolute Gasteiger partial charge is 0.122 e. The highest BCUT2D eigenvalue weighted by Crippen LogP contribution is 2.29. The van der Waals surface area contributed by atoms with Crippen molar-refractivity contribution in [1.82, 2.24) is 10.0 Å². The van der Waals surface area contributed by atoms with Crippen LogP contribution in [0.15, 0.2) is 29.4 Å². The summed E-state index contributed by atoms with van der Waals surface area (Å²) < 4.78 is 5.68. The van der Waals surface area contributed by atoms with E-state index in [4.69, 9.17) is 9.57 Å². The first-order valence-corrected chi connectivity index (χ1v) is 11.5. The van der Waals surface area contributed by atoms with E-state index >= 15 is 0 Å². The lowest BCUT2D eigenvalue weighted by Crippen LogP contribution is -2.29. The van der Waals surface area contributed by atoms with Crippen molar-refractivity contribution < 1.29 is 14.4 Å². The Morgan fingerprint density at radius 3 is 2.81 bits per heavy atom. The lowest BCUT2D eigenvalue weighted by molar-refractivity contribution is -0.156. The minimum Gasteiger partial charge on any atom is -0.375 e. The fraction of sp³-hybridized carbons (Fsp3) is 0.684. The molecule has 0 saturated carbocycles. The Bertz CT molecular complexity index is 475. The number of hydrogen-bond acceptors (Lipinski definition) is 7. The van der Waals surface area contributed by atoms with Crippen LogP contribution in [0.1, 0.15) is 46.0 Å². The van der Waals surface area contributed by atoms with Gasteiger partial charge in [0.1, 0.15) is 11.3 Å². The third kappa shape index (κ3) is 12.7. The van der Waals surface area contributed by atoms with Crippen molar-refractivity contribution in [3.63, 3.8) is 0 Å². The zero-order chi connectivity index (χ0) is 19.1. The van der Waals surface area contributed by atoms with Crippen molar-refractivity contribution >= 4 is 27.9 Å². The molecule has 0 amide bonds. The Morgan fingerprint density at radius 2 is 2.08 bits per heavy atom. The molecule has 26 heavy (non-hydrogen) atoms. The highest BCUT2D eigenvalue weighted by Gasteiger charge is 2.18. The summed E-state index contributed by atoms with van der Waals surface area (Å²) in [5, 5.41) is 2.99. The second kappa shape index (κ2) is 14.5. The molecule has 0 bridgehead atoms. The number of ether oxygens (including phenoxy) is 1. The fourth-order valence-electron chi connectivity index (χ4n) is 2.14. The van der Waals surface area contributed by atoms with Crippen molar-refractivity contribution in [3.8, 4) is 0 Å². The number of aldehydes is 1. The second-order valence-corrected chi connectivity index (χ2v) is 9.07. The molecule has 148 valence electrons. The van der Waals surface area contributed by atoms with Crippen LogP contribution in [0.25, 0.3) is 0 Å². The molecule has 0 unspecified atom stereocenters. The molecule has 0 aliphatic heterocycles. The molecule has 1 aromatic rings. The van der Waals surface area contributed by atoms with E-state index in [2.05, 4.69) is 4.98 Å². The van der Waals surface area contributed by atoms with Gasteiger partial charge in [0, 0.05) is 38.4 Å². The third-order valence-corrected chi connectivity index (χ3v) is 6.08. The van der Waals surface area contributed by atoms with Crippen LogP contribution >= 0.6 is 21.6 Å². The van der Waals surface area contributed by atoms with Crippen molar-refractivity contribution in [3.05, 3.63) is 24.4 Å². The molecule has 0 saturated heterocycles. The predicted octanol–water partition coefficient (Wildman–Crippen LogP) is 4.63. The molecule has 0 aliphatic rings. The molecule has 1 rings (SSSR count). The normalized spacial score (nSPS) is 11.8. The van der Waals surface area contributed by atoms with Crippen LogP contribution in [0.3, 0.4) is 0 Å². The molecule has 0 aromatic carbocycles. The van der Waals surface area contributed by atoms with Gasteiger partial charge in [0.15, 0.2) is 0 Å². The summed E-state index contributed by atoms with van der Waals surface area (Å²) >= 11 is 0. The first-order chi connectivity index (χ1) is 12.5. The average molecular weight is 401 g/mol. The van der Waals surface area contributed by atoms with Gasteiger partial charge in [-0.25, -0.2) is 4.98 Å². The maximum Gasteiger partial charge on any atom is 0.122 e. The largest absolute Gasteiger partial charge is 0.375 e. The minimum atomic E-state index is -0.258. The lowest BCUT2D eigenvalue weighted by atomic mass is 10.1. The van der Waals surface area contributed by atoms with Crippen molar-refractivity contribution in [1.29, 1.82) is 0 Å². The highest BCUT2D eigenvalue weighted by molar-refractivity contribution is 8.76. The molecule has 7 heteroatoms. The molecular weight excluding hydrogens is 368 g/mol. The average Bonchev–Trinajstić information content (AvgIpc) is 2.61. The fourth-order valence-corrected chi connectivity index (χ4v) is 4.16. The number of carbonyl (C=O) groups is 1. The number of carbonyl (C=O) groups excluding carboxylic acids is 1. The lowest BCUT2D eigenvalue weighted by Gasteiger charge is -2.26. The van der Waals surface area contributed by atoms with E-state index in [0.717, 1.165) is 36.5 Å². The zero-order valence-corrected chi connectivity index (χ0v) is 17.8. The number of hydroxylamine groups is 2. The Hall–Kier alpha value is -0.600. The van der Waals surface area contributed by atoms with Gasteiger partial charge in [0.05, 0.1) is 18.8 Å². The summed E-state index contributed by atoms with van der Waals surface area (Å²) in [5.74, 6) is 1.14. The minimum absolute atomic E-state index is 0.258. The summed E-state index contributed by atoms with van der Waals surface area (Å²) in [6.07, 6.45) is 7.50. The van der Waals surface area contributed by atoms with E-state index in [1.807, 2.05) is 61.1 Å². The molecule has 1 aromatic heterocycles. The predicted molar refractivity (Wildman–Crippen MR) is 110 cm³/mol. The van der Waals surface area contributed by atoms with E-state index < -0.39 is 0 Å². The van der Waals surface area contributed by atoms with Gasteiger partial charge in [-0.05, 0) is 49.6 Å². The quantitative estimate of drug-likeness (QED) is 0.173. The first-order valence-electron chi connectivity index (χ1n) is 9.15. The third-order valence-electron chi connectivity index (χ3n) is 3.73. The first kappa shape index (κ1) is 23.4. The number of rotatable bonds is 16. The molecular formula is C19H32N2O3S2. The summed E-state index contributed by atoms with van der Waals surface area (Å²) in [6.45, 7) is 6.10. The van der Waals surface area contributed by atoms with Gasteiger partial charge in [-0.1, -0.05) is 23.3 Å². The zero-order valence-electron chi connectivity index (χ0n) is 16.2. The molecule has 0 atom stereocenters. The van der Waals surface area contributed by atoms with E-state index in [-0.39, 0.29) is 5.60 Å². The van der Waals surface area contributed by atoms with E-state index in [9.17, 15) is 4.79 Å². The molecule has 1 heterocycles. The molecule has 0 radical (unpaired) electrons. The maximum absolute atomic E-state index is 10.3. The number of pyridine rings is 1. The monoisotopic (exact) mass is 400 g/mol.